The number of carbonyl (C=O) groups is 2. The summed E-state index contributed by atoms with van der Waals surface area (Å²) in [4.78, 5) is 28.4. The lowest BCUT2D eigenvalue weighted by atomic mass is 9.91. The molecule has 3 aromatic rings. The smallest absolute Gasteiger partial charge is 0.435 e. The zero-order chi connectivity index (χ0) is 27.2. The molecule has 2 aliphatic rings. The zero-order valence-corrected chi connectivity index (χ0v) is 21.8. The topological polar surface area (TPSA) is 82.2 Å². The minimum atomic E-state index is -4.21. The fraction of sp³-hybridized carbons (Fsp3) is 0.556. The van der Waals surface area contributed by atoms with Gasteiger partial charge in [0.15, 0.2) is 0 Å². The summed E-state index contributed by atoms with van der Waals surface area (Å²) in [6.45, 7) is 5.53. The van der Waals surface area contributed by atoms with Crippen LogP contribution in [0.1, 0.15) is 74.5 Å². The van der Waals surface area contributed by atoms with E-state index in [9.17, 15) is 22.8 Å². The van der Waals surface area contributed by atoms with Crippen LogP contribution >= 0.6 is 0 Å². The molecule has 0 spiro atoms. The number of benzene rings is 1. The largest absolute Gasteiger partial charge is 0.442 e. The number of aryl methyl sites for hydroxylation is 2. The molecule has 1 aromatic carbocycles. The van der Waals surface area contributed by atoms with Crippen molar-refractivity contribution in [2.75, 3.05) is 0 Å². The number of rotatable bonds is 6. The second kappa shape index (κ2) is 9.74. The first-order valence-electron chi connectivity index (χ1n) is 13.0. The Labute approximate surface area is 218 Å². The molecule has 11 heteroatoms. The van der Waals surface area contributed by atoms with E-state index in [1.807, 2.05) is 4.90 Å². The molecular weight excluding hydrogens is 499 g/mol. The maximum absolute atomic E-state index is 13.9. The second-order valence-electron chi connectivity index (χ2n) is 11.2. The molecule has 2 aromatic heterocycles. The molecule has 0 radical (unpaired) electrons. The summed E-state index contributed by atoms with van der Waals surface area (Å²) in [7, 11) is 0. The third-order valence-corrected chi connectivity index (χ3v) is 6.94. The Hall–Kier alpha value is -3.37. The van der Waals surface area contributed by atoms with Gasteiger partial charge in [0, 0.05) is 36.6 Å². The van der Waals surface area contributed by atoms with Crippen molar-refractivity contribution >= 4 is 22.9 Å². The lowest BCUT2D eigenvalue weighted by Gasteiger charge is -2.34. The molecule has 0 aliphatic heterocycles. The Kier molecular flexibility index (Phi) is 6.73. The highest BCUT2D eigenvalue weighted by molar-refractivity contribution is 6.06. The minimum Gasteiger partial charge on any atom is -0.442 e. The van der Waals surface area contributed by atoms with Gasteiger partial charge in [-0.05, 0) is 77.0 Å². The Balaban J connectivity index is 1.35. The quantitative estimate of drug-likeness (QED) is 0.418. The zero-order valence-electron chi connectivity index (χ0n) is 21.8. The van der Waals surface area contributed by atoms with Crippen LogP contribution in [0.4, 0.5) is 18.0 Å². The maximum atomic E-state index is 13.9. The van der Waals surface area contributed by atoms with Gasteiger partial charge in [-0.25, -0.2) is 4.79 Å². The number of carbonyl (C=O) groups excluding carboxylic acids is 2. The summed E-state index contributed by atoms with van der Waals surface area (Å²) in [5, 5.41) is 9.36. The number of nitrogens with zero attached hydrogens (tertiary/aromatic N) is 5. The van der Waals surface area contributed by atoms with E-state index in [2.05, 4.69) is 10.2 Å². The first kappa shape index (κ1) is 26.2. The number of alkyl halides is 3. The van der Waals surface area contributed by atoms with Gasteiger partial charge in [-0.2, -0.15) is 28.1 Å². The highest BCUT2D eigenvalue weighted by Gasteiger charge is 2.40. The number of fused-ring (bicyclic) bond motifs is 2. The van der Waals surface area contributed by atoms with Crippen molar-refractivity contribution in [2.45, 2.75) is 96.1 Å². The van der Waals surface area contributed by atoms with E-state index < -0.39 is 24.3 Å². The first-order chi connectivity index (χ1) is 17.9. The standard InChI is InChI=1S/C27H32F3N5O3/c1-26(2,3)38-25(37)34-16-17-14-19(10-11-22(17)32-34)35(18-8-9-18)24(36)20-6-4-7-23-21(20)15-31-33(23)13-5-12-27(28,29)30/h4,6-7,15-16,18-19H,5,8-14H2,1-3H3. The van der Waals surface area contributed by atoms with Crippen molar-refractivity contribution in [3.05, 3.63) is 47.4 Å². The summed E-state index contributed by atoms with van der Waals surface area (Å²) in [5.74, 6) is -0.0964. The lowest BCUT2D eigenvalue weighted by Crippen LogP contribution is -2.44. The van der Waals surface area contributed by atoms with Gasteiger partial charge in [-0.15, -0.1) is 0 Å². The molecule has 204 valence electrons. The van der Waals surface area contributed by atoms with Crippen LogP contribution < -0.4 is 0 Å². The monoisotopic (exact) mass is 531 g/mol. The van der Waals surface area contributed by atoms with Gasteiger partial charge in [0.2, 0.25) is 0 Å². The van der Waals surface area contributed by atoms with E-state index in [4.69, 9.17) is 4.74 Å². The van der Waals surface area contributed by atoms with E-state index in [0.717, 1.165) is 30.5 Å². The van der Waals surface area contributed by atoms with Crippen LogP contribution in [-0.2, 0) is 24.1 Å². The first-order valence-corrected chi connectivity index (χ1v) is 13.0. The van der Waals surface area contributed by atoms with Gasteiger partial charge >= 0.3 is 12.3 Å². The molecule has 1 amide bonds. The Morgan fingerprint density at radius 3 is 2.58 bits per heavy atom. The molecule has 2 aliphatic carbocycles. The fourth-order valence-corrected chi connectivity index (χ4v) is 5.14. The Bertz CT molecular complexity index is 1350. The maximum Gasteiger partial charge on any atom is 0.435 e. The van der Waals surface area contributed by atoms with Crippen LogP contribution in [-0.4, -0.2) is 60.3 Å². The highest BCUT2D eigenvalue weighted by Crippen LogP contribution is 2.36. The molecule has 1 unspecified atom stereocenters. The van der Waals surface area contributed by atoms with Crippen LogP contribution in [0, 0.1) is 0 Å². The van der Waals surface area contributed by atoms with Crippen LogP contribution in [0.2, 0.25) is 0 Å². The normalized spacial score (nSPS) is 17.9. The van der Waals surface area contributed by atoms with Crippen molar-refractivity contribution in [2.24, 2.45) is 0 Å². The van der Waals surface area contributed by atoms with Crippen LogP contribution in [0.15, 0.2) is 30.6 Å². The molecule has 38 heavy (non-hydrogen) atoms. The molecule has 0 N–H and O–H groups in total. The van der Waals surface area contributed by atoms with Crippen molar-refractivity contribution in [3.8, 4) is 0 Å². The van der Waals surface area contributed by atoms with E-state index in [1.165, 1.54) is 9.36 Å². The van der Waals surface area contributed by atoms with Gasteiger partial charge in [0.05, 0.1) is 23.0 Å². The molecule has 5 rings (SSSR count). The third kappa shape index (κ3) is 5.71. The Morgan fingerprint density at radius 1 is 1.13 bits per heavy atom. The van der Waals surface area contributed by atoms with E-state index in [1.54, 1.807) is 51.4 Å². The van der Waals surface area contributed by atoms with E-state index in [0.29, 0.717) is 29.3 Å². The summed E-state index contributed by atoms with van der Waals surface area (Å²) >= 11 is 0. The molecule has 0 saturated heterocycles. The summed E-state index contributed by atoms with van der Waals surface area (Å²) in [6, 6.07) is 5.40. The average Bonchev–Trinajstić information content (AvgIpc) is 3.41. The number of hydrogen-bond donors (Lipinski definition) is 0. The molecule has 1 atom stereocenters. The number of halogens is 3. The second-order valence-corrected chi connectivity index (χ2v) is 11.2. The van der Waals surface area contributed by atoms with Gasteiger partial charge in [-0.1, -0.05) is 6.07 Å². The molecule has 1 saturated carbocycles. The van der Waals surface area contributed by atoms with Gasteiger partial charge in [-0.3, -0.25) is 9.48 Å². The molecule has 1 fully saturated rings. The predicted molar refractivity (Wildman–Crippen MR) is 134 cm³/mol. The molecular formula is C27H32F3N5O3. The SMILES string of the molecule is CC(C)(C)OC(=O)n1cc2c(n1)CCC(N(C(=O)c1cccc3c1cnn3CCCC(F)(F)F)C1CC1)C2. The number of hydrogen-bond acceptors (Lipinski definition) is 5. The average molecular weight is 532 g/mol. The van der Waals surface area contributed by atoms with Crippen molar-refractivity contribution in [3.63, 3.8) is 0 Å². The summed E-state index contributed by atoms with van der Waals surface area (Å²) in [6.07, 6.45) is 1.41. The van der Waals surface area contributed by atoms with Crippen LogP contribution in [0.3, 0.4) is 0 Å². The van der Waals surface area contributed by atoms with Gasteiger partial charge in [0.25, 0.3) is 5.91 Å². The summed E-state index contributed by atoms with van der Waals surface area (Å²) in [5.41, 5.74) is 2.30. The van der Waals surface area contributed by atoms with Crippen molar-refractivity contribution in [1.29, 1.82) is 0 Å². The third-order valence-electron chi connectivity index (χ3n) is 6.94. The molecule has 8 nitrogen and oxygen atoms in total. The minimum absolute atomic E-state index is 0.0455. The van der Waals surface area contributed by atoms with Crippen molar-refractivity contribution in [1.82, 2.24) is 24.5 Å². The number of amides is 1. The number of ether oxygens (including phenoxy) is 1. The Morgan fingerprint density at radius 2 is 1.89 bits per heavy atom. The fourth-order valence-electron chi connectivity index (χ4n) is 5.14. The predicted octanol–water partition coefficient (Wildman–Crippen LogP) is 5.52. The molecule has 2 heterocycles. The van der Waals surface area contributed by atoms with Crippen LogP contribution in [0.5, 0.6) is 0 Å². The van der Waals surface area contributed by atoms with E-state index >= 15 is 0 Å². The molecule has 0 bridgehead atoms. The summed E-state index contributed by atoms with van der Waals surface area (Å²) < 4.78 is 46.0. The highest BCUT2D eigenvalue weighted by atomic mass is 19.4. The lowest BCUT2D eigenvalue weighted by molar-refractivity contribution is -0.135. The number of aromatic nitrogens is 4. The van der Waals surface area contributed by atoms with Crippen LogP contribution in [0.25, 0.3) is 10.9 Å². The van der Waals surface area contributed by atoms with E-state index in [-0.39, 0.29) is 31.0 Å². The van der Waals surface area contributed by atoms with Gasteiger partial charge < -0.3 is 9.64 Å². The van der Waals surface area contributed by atoms with Gasteiger partial charge in [0.1, 0.15) is 5.60 Å². The van der Waals surface area contributed by atoms with Crippen molar-refractivity contribution < 1.29 is 27.5 Å².